The van der Waals surface area contributed by atoms with Gasteiger partial charge < -0.3 is 21.5 Å². The van der Waals surface area contributed by atoms with Crippen molar-refractivity contribution < 1.29 is 14.3 Å². The first-order valence-electron chi connectivity index (χ1n) is 6.18. The lowest BCUT2D eigenvalue weighted by Crippen LogP contribution is -2.54. The molecule has 7 heteroatoms. The van der Waals surface area contributed by atoms with Gasteiger partial charge in [0.1, 0.15) is 5.41 Å². The maximum atomic E-state index is 12.3. The SMILES string of the molecule is CC(C)(CNC(=O)C1(C(N)=S)CCOCC1)C(N)=O. The summed E-state index contributed by atoms with van der Waals surface area (Å²) < 4.78 is 5.24. The van der Waals surface area contributed by atoms with E-state index in [1.165, 1.54) is 0 Å². The van der Waals surface area contributed by atoms with Crippen molar-refractivity contribution >= 4 is 29.0 Å². The van der Waals surface area contributed by atoms with E-state index in [0.29, 0.717) is 26.1 Å². The fourth-order valence-electron chi connectivity index (χ4n) is 1.86. The average Bonchev–Trinajstić information content (AvgIpc) is 2.36. The van der Waals surface area contributed by atoms with Crippen molar-refractivity contribution in [3.63, 3.8) is 0 Å². The summed E-state index contributed by atoms with van der Waals surface area (Å²) in [4.78, 5) is 23.7. The molecule has 0 aromatic heterocycles. The number of rotatable bonds is 5. The van der Waals surface area contributed by atoms with Gasteiger partial charge in [-0.3, -0.25) is 9.59 Å². The van der Waals surface area contributed by atoms with Crippen LogP contribution in [-0.4, -0.2) is 36.6 Å². The Hall–Kier alpha value is -1.21. The van der Waals surface area contributed by atoms with Gasteiger partial charge >= 0.3 is 0 Å². The molecule has 1 heterocycles. The van der Waals surface area contributed by atoms with Crippen molar-refractivity contribution in [3.05, 3.63) is 0 Å². The van der Waals surface area contributed by atoms with Crippen molar-refractivity contribution in [3.8, 4) is 0 Å². The summed E-state index contributed by atoms with van der Waals surface area (Å²) in [7, 11) is 0. The van der Waals surface area contributed by atoms with Crippen molar-refractivity contribution in [2.75, 3.05) is 19.8 Å². The molecule has 0 spiro atoms. The quantitative estimate of drug-likeness (QED) is 0.602. The molecule has 0 aromatic carbocycles. The minimum absolute atomic E-state index is 0.159. The number of hydrogen-bond donors (Lipinski definition) is 3. The minimum Gasteiger partial charge on any atom is -0.392 e. The molecular weight excluding hydrogens is 266 g/mol. The van der Waals surface area contributed by atoms with Crippen LogP contribution in [0, 0.1) is 10.8 Å². The molecular formula is C12H21N3O3S. The summed E-state index contributed by atoms with van der Waals surface area (Å²) in [6.45, 7) is 4.40. The Morgan fingerprint density at radius 1 is 1.32 bits per heavy atom. The van der Waals surface area contributed by atoms with Gasteiger partial charge in [-0.25, -0.2) is 0 Å². The topological polar surface area (TPSA) is 107 Å². The van der Waals surface area contributed by atoms with Gasteiger partial charge in [0.2, 0.25) is 11.8 Å². The van der Waals surface area contributed by atoms with Crippen LogP contribution in [0.2, 0.25) is 0 Å². The van der Waals surface area contributed by atoms with Crippen LogP contribution in [0.15, 0.2) is 0 Å². The van der Waals surface area contributed by atoms with E-state index in [1.54, 1.807) is 13.8 Å². The van der Waals surface area contributed by atoms with Crippen molar-refractivity contribution in [1.29, 1.82) is 0 Å². The Morgan fingerprint density at radius 2 is 1.84 bits per heavy atom. The standard InChI is InChI=1S/C12H21N3O3S/c1-11(2,8(13)16)7-15-10(17)12(9(14)19)3-5-18-6-4-12/h3-7H2,1-2H3,(H2,13,16)(H2,14,19)(H,15,17). The molecule has 1 rings (SSSR count). The first kappa shape index (κ1) is 15.8. The summed E-state index contributed by atoms with van der Waals surface area (Å²) in [5.41, 5.74) is 9.31. The number of nitrogens with one attached hydrogen (secondary N) is 1. The molecule has 1 saturated heterocycles. The summed E-state index contributed by atoms with van der Waals surface area (Å²) >= 11 is 5.03. The number of nitrogens with two attached hydrogens (primary N) is 2. The van der Waals surface area contributed by atoms with Crippen LogP contribution in [0.3, 0.4) is 0 Å². The zero-order chi connectivity index (χ0) is 14.7. The maximum absolute atomic E-state index is 12.3. The highest BCUT2D eigenvalue weighted by molar-refractivity contribution is 7.80. The Labute approximate surface area is 118 Å². The molecule has 5 N–H and O–H groups in total. The van der Waals surface area contributed by atoms with Crippen molar-refractivity contribution in [2.45, 2.75) is 26.7 Å². The molecule has 0 atom stereocenters. The lowest BCUT2D eigenvalue weighted by molar-refractivity contribution is -0.133. The van der Waals surface area contributed by atoms with Crippen LogP contribution in [0.4, 0.5) is 0 Å². The molecule has 6 nitrogen and oxygen atoms in total. The second-order valence-electron chi connectivity index (χ2n) is 5.49. The van der Waals surface area contributed by atoms with E-state index in [2.05, 4.69) is 5.32 Å². The third-order valence-corrected chi connectivity index (χ3v) is 4.00. The van der Waals surface area contributed by atoms with Gasteiger partial charge in [-0.2, -0.15) is 0 Å². The van der Waals surface area contributed by atoms with E-state index >= 15 is 0 Å². The first-order valence-corrected chi connectivity index (χ1v) is 6.59. The zero-order valence-corrected chi connectivity index (χ0v) is 12.1. The Morgan fingerprint density at radius 3 is 2.26 bits per heavy atom. The van der Waals surface area contributed by atoms with Gasteiger partial charge in [-0.1, -0.05) is 12.2 Å². The number of thiocarbonyl (C=S) groups is 1. The van der Waals surface area contributed by atoms with E-state index < -0.39 is 16.7 Å². The first-order chi connectivity index (χ1) is 8.72. The third-order valence-electron chi connectivity index (χ3n) is 3.61. The largest absolute Gasteiger partial charge is 0.392 e. The van der Waals surface area contributed by atoms with Crippen LogP contribution >= 0.6 is 12.2 Å². The summed E-state index contributed by atoms with van der Waals surface area (Å²) in [6, 6.07) is 0. The van der Waals surface area contributed by atoms with Gasteiger partial charge in [0.05, 0.1) is 10.4 Å². The number of carbonyl (C=O) groups excluding carboxylic acids is 2. The van der Waals surface area contributed by atoms with Gasteiger partial charge in [0.25, 0.3) is 0 Å². The molecule has 0 saturated carbocycles. The lowest BCUT2D eigenvalue weighted by atomic mass is 9.78. The number of amides is 2. The molecule has 0 radical (unpaired) electrons. The molecule has 19 heavy (non-hydrogen) atoms. The molecule has 108 valence electrons. The monoisotopic (exact) mass is 287 g/mol. The van der Waals surface area contributed by atoms with E-state index in [-0.39, 0.29) is 17.4 Å². The normalized spacial score (nSPS) is 18.6. The smallest absolute Gasteiger partial charge is 0.233 e. The van der Waals surface area contributed by atoms with E-state index in [0.717, 1.165) is 0 Å². The Balaban J connectivity index is 2.74. The highest BCUT2D eigenvalue weighted by Gasteiger charge is 2.43. The fraction of sp³-hybridized carbons (Fsp3) is 0.750. The number of ether oxygens (including phenoxy) is 1. The highest BCUT2D eigenvalue weighted by Crippen LogP contribution is 2.31. The summed E-state index contributed by atoms with van der Waals surface area (Å²) in [5, 5.41) is 2.73. The molecule has 1 aliphatic rings. The predicted octanol–water partition coefficient (Wildman–Crippen LogP) is -0.303. The average molecular weight is 287 g/mol. The van der Waals surface area contributed by atoms with E-state index in [1.807, 2.05) is 0 Å². The van der Waals surface area contributed by atoms with Crippen LogP contribution in [0.1, 0.15) is 26.7 Å². The van der Waals surface area contributed by atoms with Gasteiger partial charge in [-0.15, -0.1) is 0 Å². The third kappa shape index (κ3) is 3.42. The van der Waals surface area contributed by atoms with Gasteiger partial charge in [0, 0.05) is 19.8 Å². The summed E-state index contributed by atoms with van der Waals surface area (Å²) in [6.07, 6.45) is 0.927. The minimum atomic E-state index is -0.874. The lowest BCUT2D eigenvalue weighted by Gasteiger charge is -2.35. The molecule has 1 aliphatic heterocycles. The molecule has 0 aromatic rings. The fourth-order valence-corrected chi connectivity index (χ4v) is 2.16. The Bertz CT molecular complexity index is 390. The molecule has 1 fully saturated rings. The number of hydrogen-bond acceptors (Lipinski definition) is 4. The highest BCUT2D eigenvalue weighted by atomic mass is 32.1. The molecule has 0 bridgehead atoms. The predicted molar refractivity (Wildman–Crippen MR) is 75.3 cm³/mol. The van der Waals surface area contributed by atoms with Crippen LogP contribution in [0.25, 0.3) is 0 Å². The second-order valence-corrected chi connectivity index (χ2v) is 5.93. The van der Waals surface area contributed by atoms with Crippen LogP contribution in [-0.2, 0) is 14.3 Å². The molecule has 2 amide bonds. The molecule has 0 aliphatic carbocycles. The molecule has 0 unspecified atom stereocenters. The van der Waals surface area contributed by atoms with Gasteiger partial charge in [-0.05, 0) is 26.7 Å². The maximum Gasteiger partial charge on any atom is 0.233 e. The second kappa shape index (κ2) is 5.83. The Kier molecular flexibility index (Phi) is 4.86. The van der Waals surface area contributed by atoms with Crippen molar-refractivity contribution in [2.24, 2.45) is 22.3 Å². The van der Waals surface area contributed by atoms with Gasteiger partial charge in [0.15, 0.2) is 0 Å². The van der Waals surface area contributed by atoms with E-state index in [4.69, 9.17) is 28.4 Å². The van der Waals surface area contributed by atoms with Crippen LogP contribution in [0.5, 0.6) is 0 Å². The summed E-state index contributed by atoms with van der Waals surface area (Å²) in [5.74, 6) is -0.721. The van der Waals surface area contributed by atoms with E-state index in [9.17, 15) is 9.59 Å². The number of primary amides is 1. The van der Waals surface area contributed by atoms with Crippen LogP contribution < -0.4 is 16.8 Å². The zero-order valence-electron chi connectivity index (χ0n) is 11.3. The number of carbonyl (C=O) groups is 2. The van der Waals surface area contributed by atoms with Crippen molar-refractivity contribution in [1.82, 2.24) is 5.32 Å².